The van der Waals surface area contributed by atoms with E-state index < -0.39 is 0 Å². The predicted octanol–water partition coefficient (Wildman–Crippen LogP) is 3.19. The van der Waals surface area contributed by atoms with Crippen LogP contribution in [0.5, 0.6) is 0 Å². The Morgan fingerprint density at radius 2 is 2.13 bits per heavy atom. The van der Waals surface area contributed by atoms with Crippen LogP contribution in [-0.4, -0.2) is 29.3 Å². The monoisotopic (exact) mass is 447 g/mol. The normalized spacial score (nSPS) is 12.7. The van der Waals surface area contributed by atoms with E-state index >= 15 is 0 Å². The van der Waals surface area contributed by atoms with Gasteiger partial charge in [0, 0.05) is 38.4 Å². The molecule has 2 heterocycles. The Balaban J connectivity index is 0.00000264. The van der Waals surface area contributed by atoms with E-state index in [1.54, 1.807) is 18.4 Å². The van der Waals surface area contributed by atoms with Gasteiger partial charge in [0.2, 0.25) is 0 Å². The Labute approximate surface area is 159 Å². The number of aromatic nitrogens is 2. The van der Waals surface area contributed by atoms with Crippen LogP contribution in [0.15, 0.2) is 21.8 Å². The van der Waals surface area contributed by atoms with Crippen molar-refractivity contribution in [3.63, 3.8) is 0 Å². The lowest BCUT2D eigenvalue weighted by Gasteiger charge is -2.15. The summed E-state index contributed by atoms with van der Waals surface area (Å²) in [6, 6.07) is 2.18. The molecule has 0 aliphatic rings. The van der Waals surface area contributed by atoms with Gasteiger partial charge in [0.1, 0.15) is 0 Å². The van der Waals surface area contributed by atoms with Gasteiger partial charge >= 0.3 is 0 Å². The zero-order valence-electron chi connectivity index (χ0n) is 14.4. The van der Waals surface area contributed by atoms with Crippen LogP contribution in [0.2, 0.25) is 0 Å². The molecular formula is C16H26IN5S. The van der Waals surface area contributed by atoms with Gasteiger partial charge in [-0.25, -0.2) is 0 Å². The van der Waals surface area contributed by atoms with E-state index in [-0.39, 0.29) is 24.0 Å². The molecule has 0 fully saturated rings. The average Bonchev–Trinajstić information content (AvgIpc) is 3.10. The van der Waals surface area contributed by atoms with Crippen LogP contribution < -0.4 is 10.6 Å². The van der Waals surface area contributed by atoms with Crippen molar-refractivity contribution < 1.29 is 0 Å². The van der Waals surface area contributed by atoms with Crippen molar-refractivity contribution in [3.05, 3.63) is 39.3 Å². The van der Waals surface area contributed by atoms with Crippen molar-refractivity contribution >= 4 is 41.3 Å². The predicted molar refractivity (Wildman–Crippen MR) is 109 cm³/mol. The van der Waals surface area contributed by atoms with Crippen molar-refractivity contribution in [2.45, 2.75) is 33.2 Å². The number of halogens is 1. The lowest BCUT2D eigenvalue weighted by atomic mass is 10.1. The van der Waals surface area contributed by atoms with Crippen molar-refractivity contribution in [3.8, 4) is 0 Å². The van der Waals surface area contributed by atoms with Gasteiger partial charge in [-0.15, -0.1) is 24.0 Å². The van der Waals surface area contributed by atoms with Gasteiger partial charge < -0.3 is 10.6 Å². The van der Waals surface area contributed by atoms with Gasteiger partial charge in [-0.3, -0.25) is 9.67 Å². The number of hydrogen-bond donors (Lipinski definition) is 2. The van der Waals surface area contributed by atoms with Crippen LogP contribution in [0.3, 0.4) is 0 Å². The molecule has 0 radical (unpaired) electrons. The minimum absolute atomic E-state index is 0. The topological polar surface area (TPSA) is 54.2 Å². The molecule has 23 heavy (non-hydrogen) atoms. The zero-order chi connectivity index (χ0) is 16.1. The summed E-state index contributed by atoms with van der Waals surface area (Å²) in [6.07, 6.45) is 0. The maximum absolute atomic E-state index is 4.44. The first-order valence-corrected chi connectivity index (χ1v) is 8.43. The standard InChI is InChI=1S/C16H25N5S.HI/c1-11(14-6-7-22-10-14)8-18-16(17-4)19-9-15-12(2)20-21(5)13(15)3;/h6-7,10-11H,8-9H2,1-5H3,(H2,17,18,19);1H. The first-order chi connectivity index (χ1) is 10.5. The molecule has 0 amide bonds. The summed E-state index contributed by atoms with van der Waals surface area (Å²) >= 11 is 1.74. The minimum Gasteiger partial charge on any atom is -0.356 e. The zero-order valence-corrected chi connectivity index (χ0v) is 17.5. The van der Waals surface area contributed by atoms with Crippen molar-refractivity contribution in [2.75, 3.05) is 13.6 Å². The molecule has 0 bridgehead atoms. The number of nitrogens with one attached hydrogen (secondary N) is 2. The number of aryl methyl sites for hydroxylation is 2. The number of thiophene rings is 1. The largest absolute Gasteiger partial charge is 0.356 e. The molecule has 1 unspecified atom stereocenters. The van der Waals surface area contributed by atoms with E-state index in [0.29, 0.717) is 5.92 Å². The molecule has 0 saturated heterocycles. The second kappa shape index (κ2) is 9.27. The first kappa shape index (κ1) is 20.0. The molecule has 2 rings (SSSR count). The number of rotatable bonds is 5. The molecule has 2 aromatic heterocycles. The summed E-state index contributed by atoms with van der Waals surface area (Å²) in [5, 5.41) is 15.5. The third kappa shape index (κ3) is 5.20. The molecule has 0 aromatic carbocycles. The molecule has 128 valence electrons. The van der Waals surface area contributed by atoms with Gasteiger partial charge in [-0.05, 0) is 42.2 Å². The SMILES string of the molecule is CN=C(NCc1c(C)nn(C)c1C)NCC(C)c1ccsc1.I. The lowest BCUT2D eigenvalue weighted by molar-refractivity contribution is 0.699. The molecule has 0 aliphatic carbocycles. The van der Waals surface area contributed by atoms with Crippen molar-refractivity contribution in [1.82, 2.24) is 20.4 Å². The fourth-order valence-electron chi connectivity index (χ4n) is 2.39. The highest BCUT2D eigenvalue weighted by atomic mass is 127. The third-order valence-electron chi connectivity index (χ3n) is 4.00. The highest BCUT2D eigenvalue weighted by molar-refractivity contribution is 14.0. The Morgan fingerprint density at radius 1 is 1.39 bits per heavy atom. The van der Waals surface area contributed by atoms with Crippen molar-refractivity contribution in [1.29, 1.82) is 0 Å². The second-order valence-corrected chi connectivity index (χ2v) is 6.32. The van der Waals surface area contributed by atoms with Gasteiger partial charge in [-0.2, -0.15) is 16.4 Å². The Kier molecular flexibility index (Phi) is 8.04. The number of aliphatic imine (C=N–C) groups is 1. The van der Waals surface area contributed by atoms with Crippen LogP contribution in [0, 0.1) is 13.8 Å². The van der Waals surface area contributed by atoms with Gasteiger partial charge in [0.25, 0.3) is 0 Å². The summed E-state index contributed by atoms with van der Waals surface area (Å²) in [5.74, 6) is 1.29. The molecule has 2 N–H and O–H groups in total. The molecule has 7 heteroatoms. The van der Waals surface area contributed by atoms with E-state index in [0.717, 1.165) is 24.7 Å². The van der Waals surface area contributed by atoms with E-state index in [2.05, 4.69) is 51.4 Å². The lowest BCUT2D eigenvalue weighted by Crippen LogP contribution is -2.38. The molecule has 0 saturated carbocycles. The van der Waals surface area contributed by atoms with Gasteiger partial charge in [-0.1, -0.05) is 6.92 Å². The van der Waals surface area contributed by atoms with E-state index in [4.69, 9.17) is 0 Å². The highest BCUT2D eigenvalue weighted by Crippen LogP contribution is 2.17. The van der Waals surface area contributed by atoms with E-state index in [1.807, 2.05) is 18.7 Å². The molecule has 0 spiro atoms. The van der Waals surface area contributed by atoms with Gasteiger partial charge in [0.05, 0.1) is 5.69 Å². The van der Waals surface area contributed by atoms with Crippen molar-refractivity contribution in [2.24, 2.45) is 12.0 Å². The second-order valence-electron chi connectivity index (χ2n) is 5.54. The van der Waals surface area contributed by atoms with E-state index in [1.165, 1.54) is 16.8 Å². The molecule has 2 aromatic rings. The number of hydrogen-bond acceptors (Lipinski definition) is 3. The smallest absolute Gasteiger partial charge is 0.191 e. The number of nitrogens with zero attached hydrogens (tertiary/aromatic N) is 3. The first-order valence-electron chi connectivity index (χ1n) is 7.48. The molecule has 5 nitrogen and oxygen atoms in total. The maximum atomic E-state index is 4.44. The Hall–Kier alpha value is -1.09. The van der Waals surface area contributed by atoms with Crippen LogP contribution >= 0.6 is 35.3 Å². The maximum Gasteiger partial charge on any atom is 0.191 e. The third-order valence-corrected chi connectivity index (χ3v) is 4.70. The van der Waals surface area contributed by atoms with Crippen LogP contribution in [0.4, 0.5) is 0 Å². The summed E-state index contributed by atoms with van der Waals surface area (Å²) in [5.41, 5.74) is 4.85. The van der Waals surface area contributed by atoms with Crippen LogP contribution in [-0.2, 0) is 13.6 Å². The fraction of sp³-hybridized carbons (Fsp3) is 0.500. The summed E-state index contributed by atoms with van der Waals surface area (Å²) in [7, 11) is 3.77. The molecule has 1 atom stereocenters. The summed E-state index contributed by atoms with van der Waals surface area (Å²) in [4.78, 5) is 4.29. The average molecular weight is 447 g/mol. The summed E-state index contributed by atoms with van der Waals surface area (Å²) in [6.45, 7) is 7.95. The minimum atomic E-state index is 0. The van der Waals surface area contributed by atoms with Gasteiger partial charge in [0.15, 0.2) is 5.96 Å². The number of guanidine groups is 1. The molecular weight excluding hydrogens is 421 g/mol. The Bertz CT molecular complexity index is 633. The summed E-state index contributed by atoms with van der Waals surface area (Å²) < 4.78 is 1.92. The Morgan fingerprint density at radius 3 is 2.65 bits per heavy atom. The van der Waals surface area contributed by atoms with Crippen LogP contribution in [0.25, 0.3) is 0 Å². The highest BCUT2D eigenvalue weighted by Gasteiger charge is 2.11. The van der Waals surface area contributed by atoms with E-state index in [9.17, 15) is 0 Å². The quantitative estimate of drug-likeness (QED) is 0.421. The van der Waals surface area contributed by atoms with Crippen LogP contribution in [0.1, 0.15) is 35.4 Å². The fourth-order valence-corrected chi connectivity index (χ4v) is 3.17. The molecule has 0 aliphatic heterocycles.